The van der Waals surface area contributed by atoms with Crippen molar-refractivity contribution in [2.75, 3.05) is 6.61 Å². The van der Waals surface area contributed by atoms with Crippen LogP contribution in [0.25, 0.3) is 38.9 Å². The summed E-state index contributed by atoms with van der Waals surface area (Å²) >= 11 is 0. The van der Waals surface area contributed by atoms with Gasteiger partial charge in [-0.05, 0) is 54.8 Å². The van der Waals surface area contributed by atoms with Crippen molar-refractivity contribution in [3.8, 4) is 28.6 Å². The van der Waals surface area contributed by atoms with Crippen LogP contribution in [-0.2, 0) is 31.2 Å². The molecule has 0 amide bonds. The molecule has 0 N–H and O–H groups in total. The molecule has 8 rings (SSSR count). The summed E-state index contributed by atoms with van der Waals surface area (Å²) in [6.07, 6.45) is 8.27. The Hall–Kier alpha value is -4.28. The number of rotatable bonds is 9. The summed E-state index contributed by atoms with van der Waals surface area (Å²) in [5, 5.41) is 2.35. The standard InChI is InChI=1S/C43H42N4O2.Pt/c1-7-12-28(13-8-2)37-25-48-42(46-37)30-21-29(36-15-9-10-16-44-36)22-31(23-30)49-39-24-38-32(20-27(39)4)33-18-26(3)19-35-40(33)47(38)41-34(43(35,5)6)14-11-17-45-41;/h9-11,14-22,28,37H,7-8,12-13,25H2,1-6H3;/q-2;+2/t37-;/m0./s1. The van der Waals surface area contributed by atoms with Crippen LogP contribution >= 0.6 is 0 Å². The molecule has 0 spiro atoms. The van der Waals surface area contributed by atoms with Gasteiger partial charge in [0.05, 0.1) is 18.3 Å². The molecule has 0 radical (unpaired) electrons. The van der Waals surface area contributed by atoms with E-state index in [9.17, 15) is 0 Å². The Morgan fingerprint density at radius 2 is 1.72 bits per heavy atom. The minimum Gasteiger partial charge on any atom is -0.518 e. The Morgan fingerprint density at radius 3 is 2.48 bits per heavy atom. The van der Waals surface area contributed by atoms with E-state index in [4.69, 9.17) is 19.5 Å². The third kappa shape index (κ3) is 5.76. The number of aromatic nitrogens is 3. The Bertz CT molecular complexity index is 2250. The predicted octanol–water partition coefficient (Wildman–Crippen LogP) is 10.2. The van der Waals surface area contributed by atoms with Gasteiger partial charge in [0, 0.05) is 40.4 Å². The topological polar surface area (TPSA) is 61.5 Å². The first-order valence-corrected chi connectivity index (χ1v) is 17.6. The van der Waals surface area contributed by atoms with E-state index in [1.807, 2.05) is 42.7 Å². The molecule has 50 heavy (non-hydrogen) atoms. The Balaban J connectivity index is 0.00000392. The van der Waals surface area contributed by atoms with Gasteiger partial charge in [-0.25, -0.2) is 4.98 Å². The first-order valence-electron chi connectivity index (χ1n) is 17.6. The van der Waals surface area contributed by atoms with Crippen LogP contribution in [0.15, 0.2) is 78.0 Å². The maximum atomic E-state index is 6.74. The average molecular weight is 842 g/mol. The minimum absolute atomic E-state index is 0. The van der Waals surface area contributed by atoms with E-state index in [0.717, 1.165) is 64.8 Å². The van der Waals surface area contributed by atoms with Crippen molar-refractivity contribution >= 4 is 27.7 Å². The molecule has 2 aliphatic rings. The molecule has 7 heteroatoms. The van der Waals surface area contributed by atoms with Crippen molar-refractivity contribution in [3.63, 3.8) is 0 Å². The maximum absolute atomic E-state index is 6.74. The van der Waals surface area contributed by atoms with Gasteiger partial charge >= 0.3 is 21.1 Å². The monoisotopic (exact) mass is 841 g/mol. The van der Waals surface area contributed by atoms with Crippen LogP contribution in [0.5, 0.6) is 11.5 Å². The fraction of sp³-hybridized carbons (Fsp3) is 0.326. The number of pyridine rings is 2. The molecule has 1 atom stereocenters. The van der Waals surface area contributed by atoms with Gasteiger partial charge in [-0.2, -0.15) is 6.07 Å². The summed E-state index contributed by atoms with van der Waals surface area (Å²) in [7, 11) is 0. The first-order chi connectivity index (χ1) is 23.8. The van der Waals surface area contributed by atoms with Gasteiger partial charge in [0.1, 0.15) is 11.7 Å². The smallest absolute Gasteiger partial charge is 0.518 e. The van der Waals surface area contributed by atoms with E-state index in [1.54, 1.807) is 0 Å². The van der Waals surface area contributed by atoms with Crippen LogP contribution in [-0.4, -0.2) is 33.1 Å². The molecular formula is C43H42N4O2Pt. The summed E-state index contributed by atoms with van der Waals surface area (Å²) in [5.74, 6) is 3.29. The number of benzene rings is 3. The number of nitrogens with zero attached hydrogens (tertiary/aromatic N) is 4. The third-order valence-corrected chi connectivity index (χ3v) is 10.3. The fourth-order valence-corrected chi connectivity index (χ4v) is 7.90. The molecule has 0 fully saturated rings. The molecule has 256 valence electrons. The molecule has 2 aliphatic heterocycles. The van der Waals surface area contributed by atoms with E-state index >= 15 is 0 Å². The van der Waals surface area contributed by atoms with Crippen molar-refractivity contribution in [1.29, 1.82) is 0 Å². The zero-order valence-electron chi connectivity index (χ0n) is 29.5. The van der Waals surface area contributed by atoms with Gasteiger partial charge in [0.2, 0.25) is 0 Å². The quantitative estimate of drug-likeness (QED) is 0.136. The molecule has 0 saturated heterocycles. The van der Waals surface area contributed by atoms with Gasteiger partial charge < -0.3 is 14.0 Å². The summed E-state index contributed by atoms with van der Waals surface area (Å²) in [6.45, 7) is 13.9. The molecular weight excluding hydrogens is 800 g/mol. The fourth-order valence-electron chi connectivity index (χ4n) is 7.90. The third-order valence-electron chi connectivity index (χ3n) is 10.3. The second-order valence-corrected chi connectivity index (χ2v) is 14.2. The molecule has 3 aromatic heterocycles. The zero-order chi connectivity index (χ0) is 33.9. The normalized spacial score (nSPS) is 15.9. The predicted molar refractivity (Wildman–Crippen MR) is 197 cm³/mol. The average Bonchev–Trinajstić information content (AvgIpc) is 3.71. The van der Waals surface area contributed by atoms with Crippen LogP contribution in [0.4, 0.5) is 0 Å². The van der Waals surface area contributed by atoms with Crippen LogP contribution in [0, 0.1) is 31.9 Å². The summed E-state index contributed by atoms with van der Waals surface area (Å²) in [5.41, 5.74) is 9.20. The van der Waals surface area contributed by atoms with Crippen molar-refractivity contribution in [2.24, 2.45) is 10.9 Å². The van der Waals surface area contributed by atoms with E-state index in [-0.39, 0.29) is 32.5 Å². The van der Waals surface area contributed by atoms with Crippen LogP contribution in [0.1, 0.15) is 81.2 Å². The van der Waals surface area contributed by atoms with Gasteiger partial charge in [-0.3, -0.25) is 9.98 Å². The number of fused-ring (bicyclic) bond motifs is 5. The van der Waals surface area contributed by atoms with Crippen molar-refractivity contribution in [2.45, 2.75) is 78.7 Å². The van der Waals surface area contributed by atoms with E-state index in [2.05, 4.69) is 93.6 Å². The number of ether oxygens (including phenoxy) is 2. The van der Waals surface area contributed by atoms with Crippen LogP contribution < -0.4 is 4.74 Å². The molecule has 3 aromatic carbocycles. The zero-order valence-corrected chi connectivity index (χ0v) is 31.8. The maximum Gasteiger partial charge on any atom is 2.00 e. The largest absolute Gasteiger partial charge is 2.00 e. The Labute approximate surface area is 309 Å². The summed E-state index contributed by atoms with van der Waals surface area (Å²) in [4.78, 5) is 14.7. The molecule has 0 aliphatic carbocycles. The minimum atomic E-state index is -0.193. The van der Waals surface area contributed by atoms with Crippen molar-refractivity contribution in [1.82, 2.24) is 14.5 Å². The summed E-state index contributed by atoms with van der Waals surface area (Å²) < 4.78 is 15.3. The van der Waals surface area contributed by atoms with E-state index in [1.165, 1.54) is 27.6 Å². The SMILES string of the molecule is CCCC(CCC)[C@@H]1COC(c2[c-]c(Oc3[c-]c4c(cc3C)c3cc(C)cc5c3n4-c3ncccc3C5(C)C)cc(-c3ccccn3)c2)=N1.[Pt+2]. The van der Waals surface area contributed by atoms with Gasteiger partial charge in [0.25, 0.3) is 0 Å². The van der Waals surface area contributed by atoms with Crippen molar-refractivity contribution in [3.05, 3.63) is 113 Å². The Kier molecular flexibility index (Phi) is 9.19. The van der Waals surface area contributed by atoms with Crippen LogP contribution in [0.3, 0.4) is 0 Å². The van der Waals surface area contributed by atoms with Gasteiger partial charge in [-0.15, -0.1) is 23.1 Å². The number of aryl methyl sites for hydroxylation is 2. The molecule has 6 aromatic rings. The number of hydrogen-bond acceptors (Lipinski definition) is 5. The number of aliphatic imine (C=N–C) groups is 1. The molecule has 0 unspecified atom stereocenters. The number of hydrogen-bond donors (Lipinski definition) is 0. The van der Waals surface area contributed by atoms with Crippen LogP contribution in [0.2, 0.25) is 0 Å². The van der Waals surface area contributed by atoms with E-state index < -0.39 is 0 Å². The van der Waals surface area contributed by atoms with Crippen molar-refractivity contribution < 1.29 is 30.5 Å². The molecule has 0 saturated carbocycles. The van der Waals surface area contributed by atoms with E-state index in [0.29, 0.717) is 29.9 Å². The molecule has 0 bridgehead atoms. The molecule has 6 nitrogen and oxygen atoms in total. The second-order valence-electron chi connectivity index (χ2n) is 14.2. The van der Waals surface area contributed by atoms with Gasteiger partial charge in [-0.1, -0.05) is 106 Å². The summed E-state index contributed by atoms with van der Waals surface area (Å²) in [6, 6.07) is 28.4. The molecule has 5 heterocycles. The first kappa shape index (κ1) is 34.2. The second kappa shape index (κ2) is 13.4. The van der Waals surface area contributed by atoms with Gasteiger partial charge in [0.15, 0.2) is 0 Å². The Morgan fingerprint density at radius 1 is 0.920 bits per heavy atom.